The number of fused-ring (bicyclic) bond motifs is 1. The number of Topliss-reactive ketones (excluding diaryl/α,β-unsaturated/α-hetero) is 1. The summed E-state index contributed by atoms with van der Waals surface area (Å²) >= 11 is 17.8. The minimum atomic E-state index is -4.69. The van der Waals surface area contributed by atoms with Crippen LogP contribution >= 0.6 is 34.8 Å². The van der Waals surface area contributed by atoms with Gasteiger partial charge in [-0.05, 0) is 34.0 Å². The number of halogens is 9. The number of nitrogens with one attached hydrogen (secondary N) is 1. The summed E-state index contributed by atoms with van der Waals surface area (Å²) in [6.07, 6.45) is -7.50. The maximum absolute atomic E-state index is 14.0. The zero-order valence-electron chi connectivity index (χ0n) is 21.0. The molecule has 0 heterocycles. The number of rotatable bonds is 8. The molecule has 0 aromatic heterocycles. The van der Waals surface area contributed by atoms with Crippen LogP contribution in [0.1, 0.15) is 47.7 Å². The van der Waals surface area contributed by atoms with Crippen LogP contribution in [0.5, 0.6) is 0 Å². The third-order valence-corrected chi connectivity index (χ3v) is 7.31. The summed E-state index contributed by atoms with van der Waals surface area (Å²) < 4.78 is 79.5. The molecule has 12 heteroatoms. The number of hydrogen-bond donors (Lipinski definition) is 1. The van der Waals surface area contributed by atoms with E-state index in [4.69, 9.17) is 34.8 Å². The normalized spacial score (nSPS) is 13.6. The molecule has 3 nitrogen and oxygen atoms in total. The van der Waals surface area contributed by atoms with E-state index in [1.54, 1.807) is 29.6 Å². The van der Waals surface area contributed by atoms with Crippen molar-refractivity contribution in [1.29, 1.82) is 0 Å². The van der Waals surface area contributed by atoms with Gasteiger partial charge >= 0.3 is 12.4 Å². The third kappa shape index (κ3) is 7.71. The van der Waals surface area contributed by atoms with Crippen molar-refractivity contribution >= 4 is 63.3 Å². The number of ketones is 1. The molecule has 0 aliphatic heterocycles. The first-order valence-corrected chi connectivity index (χ1v) is 12.8. The first kappa shape index (κ1) is 31.8. The molecule has 3 aromatic rings. The van der Waals surface area contributed by atoms with Crippen molar-refractivity contribution in [3.63, 3.8) is 0 Å². The number of benzene rings is 3. The molecule has 1 N–H and O–H groups in total. The van der Waals surface area contributed by atoms with Crippen LogP contribution in [0.4, 0.5) is 26.3 Å². The van der Waals surface area contributed by atoms with E-state index in [9.17, 15) is 35.9 Å². The summed E-state index contributed by atoms with van der Waals surface area (Å²) in [7, 11) is 0. The number of carbonyl (C=O) groups is 2. The van der Waals surface area contributed by atoms with E-state index in [2.05, 4.69) is 0 Å². The quantitative estimate of drug-likeness (QED) is 0.154. The minimum Gasteiger partial charge on any atom is -0.347 e. The fourth-order valence-electron chi connectivity index (χ4n) is 4.07. The third-order valence-electron chi connectivity index (χ3n) is 6.11. The van der Waals surface area contributed by atoms with Crippen molar-refractivity contribution in [2.24, 2.45) is 5.41 Å². The van der Waals surface area contributed by atoms with Crippen molar-refractivity contribution in [1.82, 2.24) is 5.32 Å². The Bertz CT molecular complexity index is 1440. The molecule has 214 valence electrons. The van der Waals surface area contributed by atoms with E-state index in [1.165, 1.54) is 32.1 Å². The maximum Gasteiger partial charge on any atom is 0.405 e. The second kappa shape index (κ2) is 12.0. The Morgan fingerprint density at radius 3 is 2.02 bits per heavy atom. The monoisotopic (exact) mass is 623 g/mol. The van der Waals surface area contributed by atoms with E-state index < -0.39 is 48.3 Å². The van der Waals surface area contributed by atoms with Crippen molar-refractivity contribution in [2.45, 2.75) is 38.5 Å². The highest BCUT2D eigenvalue weighted by Gasteiger charge is 2.39. The Morgan fingerprint density at radius 1 is 0.900 bits per heavy atom. The Hall–Kier alpha value is -2.75. The molecule has 3 aromatic carbocycles. The molecule has 0 saturated heterocycles. The Labute approximate surface area is 241 Å². The van der Waals surface area contributed by atoms with Crippen LogP contribution in [0.3, 0.4) is 0 Å². The summed E-state index contributed by atoms with van der Waals surface area (Å²) in [5.74, 6) is -3.53. The first-order chi connectivity index (χ1) is 18.4. The predicted molar refractivity (Wildman–Crippen MR) is 145 cm³/mol. The Balaban J connectivity index is 1.95. The predicted octanol–water partition coefficient (Wildman–Crippen LogP) is 9.44. The standard InChI is InChI=1S/C28H22Cl3F6NO2/c1-26(2,25(40)38-14-27(32,33)34)13-23(39)19-9-7-15(17-5-3-4-6-18(17)19)8-10-20(28(35,36)37)16-11-21(29)24(31)22(30)12-16/h3-12,20H,13-14H2,1-2H3,(H,38,40)/b10-8+. The SMILES string of the molecule is CC(C)(CC(=O)c1ccc(/C=C/C(c2cc(Cl)c(Cl)c(Cl)c2)C(F)(F)F)c2ccccc12)C(=O)NCC(F)(F)F. The molecular formula is C28H22Cl3F6NO2. The van der Waals surface area contributed by atoms with Gasteiger partial charge in [-0.25, -0.2) is 0 Å². The van der Waals surface area contributed by atoms with Crippen LogP contribution in [-0.4, -0.2) is 30.6 Å². The van der Waals surface area contributed by atoms with Gasteiger partial charge in [-0.15, -0.1) is 0 Å². The van der Waals surface area contributed by atoms with E-state index in [1.807, 2.05) is 0 Å². The highest BCUT2D eigenvalue weighted by molar-refractivity contribution is 6.48. The van der Waals surface area contributed by atoms with Crippen LogP contribution in [0.2, 0.25) is 15.1 Å². The van der Waals surface area contributed by atoms with Gasteiger partial charge in [0.05, 0.1) is 26.4 Å². The number of amides is 1. The van der Waals surface area contributed by atoms with Gasteiger partial charge in [-0.1, -0.05) is 97.2 Å². The van der Waals surface area contributed by atoms with Crippen LogP contribution in [0.25, 0.3) is 16.8 Å². The second-order valence-corrected chi connectivity index (χ2v) is 10.9. The molecule has 1 amide bonds. The number of carbonyl (C=O) groups excluding carboxylic acids is 2. The van der Waals surface area contributed by atoms with Gasteiger partial charge in [-0.2, -0.15) is 26.3 Å². The van der Waals surface area contributed by atoms with Gasteiger partial charge in [-0.3, -0.25) is 9.59 Å². The van der Waals surface area contributed by atoms with Crippen LogP contribution in [0, 0.1) is 5.41 Å². The van der Waals surface area contributed by atoms with Crippen molar-refractivity contribution in [2.75, 3.05) is 6.54 Å². The minimum absolute atomic E-state index is 0.0655. The number of hydrogen-bond acceptors (Lipinski definition) is 2. The van der Waals surface area contributed by atoms with Crippen LogP contribution in [0.15, 0.2) is 54.6 Å². The topological polar surface area (TPSA) is 46.2 Å². The van der Waals surface area contributed by atoms with Crippen molar-refractivity contribution < 1.29 is 35.9 Å². The molecule has 3 rings (SSSR count). The Morgan fingerprint density at radius 2 is 1.48 bits per heavy atom. The highest BCUT2D eigenvalue weighted by atomic mass is 35.5. The van der Waals surface area contributed by atoms with Gasteiger partial charge in [0.15, 0.2) is 5.78 Å². The largest absolute Gasteiger partial charge is 0.405 e. The van der Waals surface area contributed by atoms with E-state index in [0.717, 1.165) is 18.2 Å². The summed E-state index contributed by atoms with van der Waals surface area (Å²) in [6.45, 7) is 1.17. The number of allylic oxidation sites excluding steroid dienone is 1. The lowest BCUT2D eigenvalue weighted by Gasteiger charge is -2.23. The molecule has 0 bridgehead atoms. The lowest BCUT2D eigenvalue weighted by molar-refractivity contribution is -0.143. The molecule has 0 saturated carbocycles. The van der Waals surface area contributed by atoms with Crippen LogP contribution < -0.4 is 5.32 Å². The fourth-order valence-corrected chi connectivity index (χ4v) is 4.68. The molecule has 0 aliphatic carbocycles. The highest BCUT2D eigenvalue weighted by Crippen LogP contribution is 2.41. The first-order valence-electron chi connectivity index (χ1n) is 11.7. The molecule has 1 unspecified atom stereocenters. The van der Waals surface area contributed by atoms with Gasteiger partial charge in [0, 0.05) is 12.0 Å². The van der Waals surface area contributed by atoms with Crippen molar-refractivity contribution in [3.05, 3.63) is 86.4 Å². The molecule has 0 fully saturated rings. The lowest BCUT2D eigenvalue weighted by atomic mass is 9.83. The fraction of sp³-hybridized carbons (Fsp3) is 0.286. The molecule has 0 spiro atoms. The van der Waals surface area contributed by atoms with E-state index in [-0.39, 0.29) is 26.2 Å². The average Bonchev–Trinajstić information content (AvgIpc) is 2.84. The number of alkyl halides is 6. The summed E-state index contributed by atoms with van der Waals surface area (Å²) in [5, 5.41) is 2.32. The summed E-state index contributed by atoms with van der Waals surface area (Å²) in [6, 6.07) is 11.5. The maximum atomic E-state index is 14.0. The summed E-state index contributed by atoms with van der Waals surface area (Å²) in [4.78, 5) is 25.5. The van der Waals surface area contributed by atoms with Crippen LogP contribution in [-0.2, 0) is 4.79 Å². The zero-order valence-corrected chi connectivity index (χ0v) is 23.3. The van der Waals surface area contributed by atoms with Gasteiger partial charge in [0.1, 0.15) is 6.54 Å². The molecule has 0 aliphatic rings. The van der Waals surface area contributed by atoms with Gasteiger partial charge in [0.2, 0.25) is 5.91 Å². The lowest BCUT2D eigenvalue weighted by Crippen LogP contribution is -2.42. The van der Waals surface area contributed by atoms with E-state index in [0.29, 0.717) is 16.3 Å². The molecule has 0 radical (unpaired) electrons. The second-order valence-electron chi connectivity index (χ2n) is 9.71. The molecular weight excluding hydrogens is 603 g/mol. The zero-order chi connectivity index (χ0) is 30.0. The van der Waals surface area contributed by atoms with Crippen molar-refractivity contribution in [3.8, 4) is 0 Å². The van der Waals surface area contributed by atoms with E-state index >= 15 is 0 Å². The smallest absolute Gasteiger partial charge is 0.347 e. The van der Waals surface area contributed by atoms with Gasteiger partial charge < -0.3 is 5.32 Å². The average molecular weight is 625 g/mol. The molecule has 40 heavy (non-hydrogen) atoms. The summed E-state index contributed by atoms with van der Waals surface area (Å²) in [5.41, 5.74) is -1.13. The van der Waals surface area contributed by atoms with Gasteiger partial charge in [0.25, 0.3) is 0 Å². The Kier molecular flexibility index (Phi) is 9.54. The molecule has 1 atom stereocenters.